The molecule has 2 aromatic rings. The predicted octanol–water partition coefficient (Wildman–Crippen LogP) is 1.52. The van der Waals surface area contributed by atoms with Crippen LogP contribution in [0.2, 0.25) is 0 Å². The second-order valence-electron chi connectivity index (χ2n) is 4.70. The lowest BCUT2D eigenvalue weighted by molar-refractivity contribution is 0.0714. The van der Waals surface area contributed by atoms with E-state index < -0.39 is 0 Å². The van der Waals surface area contributed by atoms with Crippen LogP contribution >= 0.6 is 0 Å². The van der Waals surface area contributed by atoms with Crippen molar-refractivity contribution in [2.24, 2.45) is 5.73 Å². The molecule has 1 atom stereocenters. The van der Waals surface area contributed by atoms with E-state index in [9.17, 15) is 0 Å². The molecule has 1 heterocycles. The molecule has 0 unspecified atom stereocenters. The van der Waals surface area contributed by atoms with Crippen LogP contribution in [-0.4, -0.2) is 37.1 Å². The molecule has 0 saturated heterocycles. The summed E-state index contributed by atoms with van der Waals surface area (Å²) < 4.78 is 15.5. The Hall–Kier alpha value is -1.76. The first-order chi connectivity index (χ1) is 10.3. The highest BCUT2D eigenvalue weighted by Crippen LogP contribution is 2.14. The van der Waals surface area contributed by atoms with Gasteiger partial charge in [-0.1, -0.05) is 35.5 Å². The van der Waals surface area contributed by atoms with Gasteiger partial charge in [0.15, 0.2) is 5.82 Å². The first kappa shape index (κ1) is 15.6. The molecule has 0 amide bonds. The van der Waals surface area contributed by atoms with Crippen molar-refractivity contribution >= 4 is 0 Å². The Morgan fingerprint density at radius 2 is 2.00 bits per heavy atom. The van der Waals surface area contributed by atoms with Crippen LogP contribution in [0.3, 0.4) is 0 Å². The topological polar surface area (TPSA) is 83.4 Å². The van der Waals surface area contributed by atoms with E-state index in [-0.39, 0.29) is 6.04 Å². The summed E-state index contributed by atoms with van der Waals surface area (Å²) in [7, 11) is 1.64. The molecule has 6 nitrogen and oxygen atoms in total. The highest BCUT2D eigenvalue weighted by Gasteiger charge is 2.15. The second-order valence-corrected chi connectivity index (χ2v) is 4.70. The highest BCUT2D eigenvalue weighted by atomic mass is 16.5. The van der Waals surface area contributed by atoms with Gasteiger partial charge in [0.1, 0.15) is 0 Å². The molecule has 0 saturated carbocycles. The third-order valence-electron chi connectivity index (χ3n) is 3.00. The largest absolute Gasteiger partial charge is 0.382 e. The van der Waals surface area contributed by atoms with Crippen LogP contribution in [0, 0.1) is 0 Å². The number of benzene rings is 1. The molecular weight excluding hydrogens is 270 g/mol. The number of ether oxygens (including phenoxy) is 2. The van der Waals surface area contributed by atoms with E-state index in [0.717, 1.165) is 5.56 Å². The molecule has 0 bridgehead atoms. The van der Waals surface area contributed by atoms with E-state index >= 15 is 0 Å². The number of methoxy groups -OCH3 is 1. The lowest BCUT2D eigenvalue weighted by Crippen LogP contribution is -2.14. The lowest BCUT2D eigenvalue weighted by Gasteiger charge is -2.06. The molecule has 1 aromatic heterocycles. The lowest BCUT2D eigenvalue weighted by atomic mass is 10.1. The van der Waals surface area contributed by atoms with E-state index in [1.165, 1.54) is 0 Å². The van der Waals surface area contributed by atoms with Crippen molar-refractivity contribution in [2.45, 2.75) is 18.9 Å². The predicted molar refractivity (Wildman–Crippen MR) is 77.8 cm³/mol. The Morgan fingerprint density at radius 3 is 2.76 bits per heavy atom. The molecular formula is C15H21N3O3. The van der Waals surface area contributed by atoms with Crippen molar-refractivity contribution in [3.63, 3.8) is 0 Å². The van der Waals surface area contributed by atoms with Gasteiger partial charge in [0.2, 0.25) is 5.89 Å². The first-order valence-electron chi connectivity index (χ1n) is 6.98. The molecule has 0 spiro atoms. The van der Waals surface area contributed by atoms with Crippen LogP contribution in [-0.2, 0) is 22.3 Å². The van der Waals surface area contributed by atoms with Crippen LogP contribution < -0.4 is 5.73 Å². The van der Waals surface area contributed by atoms with Crippen molar-refractivity contribution in [2.75, 3.05) is 26.9 Å². The number of hydrogen-bond donors (Lipinski definition) is 1. The summed E-state index contributed by atoms with van der Waals surface area (Å²) in [6.45, 7) is 1.68. The Labute approximate surface area is 124 Å². The molecule has 0 aliphatic carbocycles. The molecule has 6 heteroatoms. The van der Waals surface area contributed by atoms with E-state index in [4.69, 9.17) is 19.7 Å². The van der Waals surface area contributed by atoms with Crippen LogP contribution in [0.4, 0.5) is 0 Å². The zero-order chi connectivity index (χ0) is 14.9. The molecule has 114 valence electrons. The minimum absolute atomic E-state index is 0.289. The van der Waals surface area contributed by atoms with Gasteiger partial charge in [0.25, 0.3) is 0 Å². The quantitative estimate of drug-likeness (QED) is 0.705. The molecule has 2 N–H and O–H groups in total. The monoisotopic (exact) mass is 291 g/mol. The van der Waals surface area contributed by atoms with Gasteiger partial charge in [0.05, 0.1) is 25.9 Å². The Morgan fingerprint density at radius 1 is 1.19 bits per heavy atom. The van der Waals surface area contributed by atoms with Crippen LogP contribution in [0.25, 0.3) is 0 Å². The van der Waals surface area contributed by atoms with Crippen LogP contribution in [0.5, 0.6) is 0 Å². The van der Waals surface area contributed by atoms with Gasteiger partial charge >= 0.3 is 0 Å². The number of nitrogens with two attached hydrogens (primary N) is 1. The van der Waals surface area contributed by atoms with Crippen LogP contribution in [0.1, 0.15) is 23.3 Å². The van der Waals surface area contributed by atoms with E-state index in [2.05, 4.69) is 10.1 Å². The van der Waals surface area contributed by atoms with E-state index in [1.807, 2.05) is 30.3 Å². The van der Waals surface area contributed by atoms with Crippen molar-refractivity contribution in [3.8, 4) is 0 Å². The average Bonchev–Trinajstić information content (AvgIpc) is 2.97. The van der Waals surface area contributed by atoms with Crippen molar-refractivity contribution < 1.29 is 14.0 Å². The van der Waals surface area contributed by atoms with Gasteiger partial charge in [0, 0.05) is 13.5 Å². The summed E-state index contributed by atoms with van der Waals surface area (Å²) in [6, 6.07) is 9.71. The normalized spacial score (nSPS) is 12.5. The summed E-state index contributed by atoms with van der Waals surface area (Å²) in [5.41, 5.74) is 7.24. The number of rotatable bonds is 9. The third kappa shape index (κ3) is 5.26. The fourth-order valence-corrected chi connectivity index (χ4v) is 1.88. The molecule has 2 rings (SSSR count). The fraction of sp³-hybridized carbons (Fsp3) is 0.467. The van der Waals surface area contributed by atoms with Crippen LogP contribution in [0.15, 0.2) is 34.9 Å². The van der Waals surface area contributed by atoms with Crippen molar-refractivity contribution in [1.29, 1.82) is 0 Å². The summed E-state index contributed by atoms with van der Waals surface area (Å²) >= 11 is 0. The summed E-state index contributed by atoms with van der Waals surface area (Å²) in [6.07, 6.45) is 1.28. The maximum absolute atomic E-state index is 6.09. The molecule has 21 heavy (non-hydrogen) atoms. The Bertz CT molecular complexity index is 516. The van der Waals surface area contributed by atoms with Gasteiger partial charge in [-0.15, -0.1) is 0 Å². The first-order valence-corrected chi connectivity index (χ1v) is 6.98. The van der Waals surface area contributed by atoms with E-state index in [1.54, 1.807) is 7.11 Å². The van der Waals surface area contributed by atoms with Crippen molar-refractivity contribution in [3.05, 3.63) is 47.6 Å². The smallest absolute Gasteiger partial charge is 0.243 e. The standard InChI is InChI=1S/C15H21N3O3/c1-19-9-10-20-8-7-14-17-15(21-18-14)13(16)11-12-5-3-2-4-6-12/h2-6,13H,7-11,16H2,1H3/t13-/m1/s1. The summed E-state index contributed by atoms with van der Waals surface area (Å²) in [5, 5.41) is 3.92. The highest BCUT2D eigenvalue weighted by molar-refractivity contribution is 5.16. The van der Waals surface area contributed by atoms with Gasteiger partial charge in [-0.2, -0.15) is 4.98 Å². The minimum Gasteiger partial charge on any atom is -0.382 e. The van der Waals surface area contributed by atoms with Gasteiger partial charge < -0.3 is 19.7 Å². The number of hydrogen-bond acceptors (Lipinski definition) is 6. The number of aromatic nitrogens is 2. The SMILES string of the molecule is COCCOCCc1noc([C@H](N)Cc2ccccc2)n1. The van der Waals surface area contributed by atoms with Gasteiger partial charge in [-0.3, -0.25) is 0 Å². The zero-order valence-corrected chi connectivity index (χ0v) is 12.2. The van der Waals surface area contributed by atoms with Gasteiger partial charge in [-0.05, 0) is 12.0 Å². The van der Waals surface area contributed by atoms with Crippen molar-refractivity contribution in [1.82, 2.24) is 10.1 Å². The molecule has 0 fully saturated rings. The number of nitrogens with zero attached hydrogens (tertiary/aromatic N) is 2. The molecule has 0 aliphatic rings. The minimum atomic E-state index is -0.289. The average molecular weight is 291 g/mol. The molecule has 0 radical (unpaired) electrons. The molecule has 0 aliphatic heterocycles. The fourth-order valence-electron chi connectivity index (χ4n) is 1.88. The Kier molecular flexibility index (Phi) is 6.33. The maximum atomic E-state index is 6.09. The Balaban J connectivity index is 1.79. The summed E-state index contributed by atoms with van der Waals surface area (Å²) in [4.78, 5) is 4.31. The maximum Gasteiger partial charge on any atom is 0.243 e. The zero-order valence-electron chi connectivity index (χ0n) is 12.2. The summed E-state index contributed by atoms with van der Waals surface area (Å²) in [5.74, 6) is 1.08. The van der Waals surface area contributed by atoms with E-state index in [0.29, 0.717) is 44.4 Å². The third-order valence-corrected chi connectivity index (χ3v) is 3.00. The molecule has 1 aromatic carbocycles. The second kappa shape index (κ2) is 8.51. The van der Waals surface area contributed by atoms with Gasteiger partial charge in [-0.25, -0.2) is 0 Å².